The van der Waals surface area contributed by atoms with Crippen molar-refractivity contribution in [3.8, 4) is 0 Å². The summed E-state index contributed by atoms with van der Waals surface area (Å²) in [6, 6.07) is 8.56. The van der Waals surface area contributed by atoms with Crippen LogP contribution in [0.3, 0.4) is 0 Å². The second-order valence-electron chi connectivity index (χ2n) is 6.28. The lowest BCUT2D eigenvalue weighted by Crippen LogP contribution is -2.41. The Balaban J connectivity index is 1.99. The summed E-state index contributed by atoms with van der Waals surface area (Å²) in [5.74, 6) is 1.47. The number of benzene rings is 1. The minimum atomic E-state index is -0.889. The molecule has 0 spiro atoms. The Morgan fingerprint density at radius 3 is 2.48 bits per heavy atom. The molecule has 0 aliphatic heterocycles. The second kappa shape index (κ2) is 8.70. The molecule has 1 fully saturated rings. The SMILES string of the molecule is CCCNC(CS(=O)c1ccc(C)cc1)C1CCCCC1. The third kappa shape index (κ3) is 5.23. The average Bonchev–Trinajstić information content (AvgIpc) is 2.52. The summed E-state index contributed by atoms with van der Waals surface area (Å²) in [5.41, 5.74) is 1.23. The molecule has 118 valence electrons. The number of nitrogens with one attached hydrogen (secondary N) is 1. The number of hydrogen-bond donors (Lipinski definition) is 1. The fraction of sp³-hybridized carbons (Fsp3) is 0.667. The van der Waals surface area contributed by atoms with Crippen LogP contribution in [-0.4, -0.2) is 22.5 Å². The molecular weight excluding hydrogens is 278 g/mol. The minimum absolute atomic E-state index is 0.410. The van der Waals surface area contributed by atoms with Crippen molar-refractivity contribution in [1.29, 1.82) is 0 Å². The molecule has 21 heavy (non-hydrogen) atoms. The van der Waals surface area contributed by atoms with Gasteiger partial charge in [-0.15, -0.1) is 0 Å². The molecule has 1 aliphatic carbocycles. The third-order valence-corrected chi connectivity index (χ3v) is 5.95. The fourth-order valence-corrected chi connectivity index (χ4v) is 4.53. The van der Waals surface area contributed by atoms with Crippen LogP contribution < -0.4 is 5.32 Å². The summed E-state index contributed by atoms with van der Waals surface area (Å²) in [6.07, 6.45) is 7.79. The normalized spacial score (nSPS) is 19.3. The highest BCUT2D eigenvalue weighted by Crippen LogP contribution is 2.27. The first-order valence-electron chi connectivity index (χ1n) is 8.39. The van der Waals surface area contributed by atoms with Gasteiger partial charge in [0.05, 0.1) is 10.8 Å². The van der Waals surface area contributed by atoms with Gasteiger partial charge in [-0.2, -0.15) is 0 Å². The lowest BCUT2D eigenvalue weighted by Gasteiger charge is -2.31. The van der Waals surface area contributed by atoms with E-state index < -0.39 is 10.8 Å². The lowest BCUT2D eigenvalue weighted by molar-refractivity contribution is 0.284. The fourth-order valence-electron chi connectivity index (χ4n) is 3.18. The maximum absolute atomic E-state index is 12.6. The Morgan fingerprint density at radius 1 is 1.19 bits per heavy atom. The molecule has 1 saturated carbocycles. The van der Waals surface area contributed by atoms with Gasteiger partial charge in [0, 0.05) is 16.7 Å². The Bertz CT molecular complexity index is 437. The molecule has 0 saturated heterocycles. The molecule has 2 unspecified atom stereocenters. The summed E-state index contributed by atoms with van der Waals surface area (Å²) in [5, 5.41) is 3.66. The first kappa shape index (κ1) is 16.7. The first-order valence-corrected chi connectivity index (χ1v) is 9.71. The molecule has 3 heteroatoms. The second-order valence-corrected chi connectivity index (χ2v) is 7.78. The Hall–Kier alpha value is -0.670. The summed E-state index contributed by atoms with van der Waals surface area (Å²) in [4.78, 5) is 0.972. The molecule has 1 aromatic rings. The molecule has 0 heterocycles. The predicted octanol–water partition coefficient (Wildman–Crippen LogP) is 4.05. The largest absolute Gasteiger partial charge is 0.313 e. The zero-order valence-electron chi connectivity index (χ0n) is 13.4. The number of aryl methyl sites for hydroxylation is 1. The lowest BCUT2D eigenvalue weighted by atomic mass is 9.84. The maximum atomic E-state index is 12.6. The van der Waals surface area contributed by atoms with Crippen molar-refractivity contribution in [3.63, 3.8) is 0 Å². The van der Waals surface area contributed by atoms with Crippen LogP contribution in [-0.2, 0) is 10.8 Å². The van der Waals surface area contributed by atoms with Gasteiger partial charge >= 0.3 is 0 Å². The van der Waals surface area contributed by atoms with Crippen molar-refractivity contribution in [1.82, 2.24) is 5.32 Å². The van der Waals surface area contributed by atoms with Gasteiger partial charge in [0.1, 0.15) is 0 Å². The summed E-state index contributed by atoms with van der Waals surface area (Å²) in [7, 11) is -0.889. The van der Waals surface area contributed by atoms with Gasteiger partial charge in [0.15, 0.2) is 0 Å². The van der Waals surface area contributed by atoms with Crippen molar-refractivity contribution < 1.29 is 4.21 Å². The van der Waals surface area contributed by atoms with Gasteiger partial charge in [-0.05, 0) is 50.8 Å². The van der Waals surface area contributed by atoms with E-state index in [1.54, 1.807) is 0 Å². The monoisotopic (exact) mass is 307 g/mol. The number of rotatable bonds is 7. The van der Waals surface area contributed by atoms with Crippen LogP contribution in [0, 0.1) is 12.8 Å². The standard InChI is InChI=1S/C18H29NOS/c1-3-13-19-18(16-7-5-4-6-8-16)14-21(20)17-11-9-15(2)10-12-17/h9-12,16,18-19H,3-8,13-14H2,1-2H3. The van der Waals surface area contributed by atoms with Crippen LogP contribution in [0.25, 0.3) is 0 Å². The van der Waals surface area contributed by atoms with Gasteiger partial charge in [0.25, 0.3) is 0 Å². The molecule has 0 bridgehead atoms. The average molecular weight is 308 g/mol. The molecule has 0 radical (unpaired) electrons. The van der Waals surface area contributed by atoms with E-state index in [2.05, 4.69) is 31.3 Å². The topological polar surface area (TPSA) is 29.1 Å². The zero-order chi connectivity index (χ0) is 15.1. The van der Waals surface area contributed by atoms with E-state index in [9.17, 15) is 4.21 Å². The van der Waals surface area contributed by atoms with Crippen LogP contribution in [0.5, 0.6) is 0 Å². The molecule has 2 atom stereocenters. The van der Waals surface area contributed by atoms with E-state index >= 15 is 0 Å². The molecule has 1 N–H and O–H groups in total. The van der Waals surface area contributed by atoms with Crippen LogP contribution in [0.4, 0.5) is 0 Å². The Morgan fingerprint density at radius 2 is 1.86 bits per heavy atom. The van der Waals surface area contributed by atoms with E-state index in [1.807, 2.05) is 12.1 Å². The van der Waals surface area contributed by atoms with E-state index in [4.69, 9.17) is 0 Å². The highest BCUT2D eigenvalue weighted by molar-refractivity contribution is 7.85. The molecule has 1 aliphatic rings. The van der Waals surface area contributed by atoms with Crippen molar-refractivity contribution in [2.45, 2.75) is 63.3 Å². The van der Waals surface area contributed by atoms with Gasteiger partial charge in [0.2, 0.25) is 0 Å². The number of hydrogen-bond acceptors (Lipinski definition) is 2. The molecule has 0 amide bonds. The quantitative estimate of drug-likeness (QED) is 0.823. The van der Waals surface area contributed by atoms with E-state index in [-0.39, 0.29) is 0 Å². The van der Waals surface area contributed by atoms with Gasteiger partial charge < -0.3 is 5.32 Å². The van der Waals surface area contributed by atoms with Gasteiger partial charge in [-0.1, -0.05) is 43.9 Å². The summed E-state index contributed by atoms with van der Waals surface area (Å²) >= 11 is 0. The van der Waals surface area contributed by atoms with Crippen LogP contribution >= 0.6 is 0 Å². The van der Waals surface area contributed by atoms with Gasteiger partial charge in [-0.25, -0.2) is 0 Å². The molecular formula is C18H29NOS. The van der Waals surface area contributed by atoms with Crippen LogP contribution in [0.2, 0.25) is 0 Å². The van der Waals surface area contributed by atoms with E-state index in [0.717, 1.165) is 23.6 Å². The molecule has 2 nitrogen and oxygen atoms in total. The summed E-state index contributed by atoms with van der Waals surface area (Å²) in [6.45, 7) is 5.30. The first-order chi connectivity index (χ1) is 10.2. The van der Waals surface area contributed by atoms with Crippen molar-refractivity contribution in [2.75, 3.05) is 12.3 Å². The molecule has 1 aromatic carbocycles. The smallest absolute Gasteiger partial charge is 0.0545 e. The molecule has 2 rings (SSSR count). The highest BCUT2D eigenvalue weighted by atomic mass is 32.2. The van der Waals surface area contributed by atoms with Gasteiger partial charge in [-0.3, -0.25) is 4.21 Å². The van der Waals surface area contributed by atoms with E-state index in [1.165, 1.54) is 37.7 Å². The Kier molecular flexibility index (Phi) is 6.91. The predicted molar refractivity (Wildman–Crippen MR) is 91.1 cm³/mol. The molecule has 0 aromatic heterocycles. The van der Waals surface area contributed by atoms with Crippen molar-refractivity contribution in [2.24, 2.45) is 5.92 Å². The van der Waals surface area contributed by atoms with E-state index in [0.29, 0.717) is 12.0 Å². The van der Waals surface area contributed by atoms with Crippen LogP contribution in [0.15, 0.2) is 29.2 Å². The van der Waals surface area contributed by atoms with Crippen molar-refractivity contribution in [3.05, 3.63) is 29.8 Å². The summed E-state index contributed by atoms with van der Waals surface area (Å²) < 4.78 is 12.6. The highest BCUT2D eigenvalue weighted by Gasteiger charge is 2.25. The minimum Gasteiger partial charge on any atom is -0.313 e. The van der Waals surface area contributed by atoms with Crippen LogP contribution in [0.1, 0.15) is 51.0 Å². The zero-order valence-corrected chi connectivity index (χ0v) is 14.3. The Labute approximate surface area is 132 Å². The maximum Gasteiger partial charge on any atom is 0.0545 e. The van der Waals surface area contributed by atoms with Crippen molar-refractivity contribution >= 4 is 10.8 Å². The third-order valence-electron chi connectivity index (χ3n) is 4.49.